The molecular weight excluding hydrogens is 264 g/mol. The molecule has 1 fully saturated rings. The van der Waals surface area contributed by atoms with E-state index in [0.717, 1.165) is 30.3 Å². The van der Waals surface area contributed by atoms with Crippen LogP contribution >= 0.6 is 11.6 Å². The molecule has 0 aliphatic carbocycles. The van der Waals surface area contributed by atoms with Crippen molar-refractivity contribution in [3.63, 3.8) is 0 Å². The third-order valence-electron chi connectivity index (χ3n) is 3.36. The summed E-state index contributed by atoms with van der Waals surface area (Å²) in [5.74, 6) is 0. The molecule has 2 rings (SSSR count). The fraction of sp³-hybridized carbons (Fsp3) is 0.571. The molecule has 0 spiro atoms. The Bertz CT molecular complexity index is 414. The van der Waals surface area contributed by atoms with Crippen LogP contribution in [0.3, 0.4) is 0 Å². The van der Waals surface area contributed by atoms with Crippen molar-refractivity contribution in [2.24, 2.45) is 0 Å². The van der Waals surface area contributed by atoms with Crippen LogP contribution in [0.25, 0.3) is 0 Å². The van der Waals surface area contributed by atoms with E-state index >= 15 is 0 Å². The van der Waals surface area contributed by atoms with Crippen LogP contribution < -0.4 is 10.2 Å². The average molecular weight is 285 g/mol. The maximum Gasteiger partial charge on any atom is 0.0755 e. The van der Waals surface area contributed by atoms with Crippen LogP contribution in [-0.4, -0.2) is 44.1 Å². The van der Waals surface area contributed by atoms with Gasteiger partial charge in [-0.1, -0.05) is 24.6 Å². The molecule has 1 heterocycles. The molecule has 0 aromatic heterocycles. The van der Waals surface area contributed by atoms with Gasteiger partial charge >= 0.3 is 0 Å². The van der Waals surface area contributed by atoms with Gasteiger partial charge in [0, 0.05) is 23.8 Å². The molecule has 1 aromatic carbocycles. The zero-order valence-corrected chi connectivity index (χ0v) is 12.0. The van der Waals surface area contributed by atoms with E-state index in [2.05, 4.69) is 17.1 Å². The van der Waals surface area contributed by atoms with Crippen molar-refractivity contribution in [3.05, 3.63) is 28.8 Å². The highest BCUT2D eigenvalue weighted by Crippen LogP contribution is 2.27. The number of nitrogens with zero attached hydrogens (tertiary/aromatic N) is 1. The van der Waals surface area contributed by atoms with Gasteiger partial charge in [-0.15, -0.1) is 0 Å². The Morgan fingerprint density at radius 1 is 1.53 bits per heavy atom. The molecule has 4 nitrogen and oxygen atoms in total. The lowest BCUT2D eigenvalue weighted by atomic mass is 10.1. The molecule has 0 amide bonds. The molecule has 106 valence electrons. The molecule has 1 aliphatic rings. The largest absolute Gasteiger partial charge is 0.394 e. The number of aliphatic hydroxyl groups excluding tert-OH is 1. The first-order valence-electron chi connectivity index (χ1n) is 6.70. The maximum atomic E-state index is 9.49. The summed E-state index contributed by atoms with van der Waals surface area (Å²) in [6, 6.07) is 5.94. The van der Waals surface area contributed by atoms with Gasteiger partial charge in [0.25, 0.3) is 0 Å². The lowest BCUT2D eigenvalue weighted by Crippen LogP contribution is -2.48. The molecule has 1 saturated heterocycles. The van der Waals surface area contributed by atoms with Crippen molar-refractivity contribution < 1.29 is 9.84 Å². The second-order valence-corrected chi connectivity index (χ2v) is 5.09. The second-order valence-electron chi connectivity index (χ2n) is 4.66. The van der Waals surface area contributed by atoms with Crippen molar-refractivity contribution in [3.8, 4) is 0 Å². The van der Waals surface area contributed by atoms with Crippen molar-refractivity contribution in [2.45, 2.75) is 19.5 Å². The van der Waals surface area contributed by atoms with Crippen LogP contribution in [0.4, 0.5) is 5.69 Å². The van der Waals surface area contributed by atoms with Gasteiger partial charge in [0.2, 0.25) is 0 Å². The first kappa shape index (κ1) is 14.6. The van der Waals surface area contributed by atoms with E-state index in [0.29, 0.717) is 13.2 Å². The molecule has 1 unspecified atom stereocenters. The summed E-state index contributed by atoms with van der Waals surface area (Å²) < 4.78 is 5.43. The van der Waals surface area contributed by atoms with Crippen molar-refractivity contribution in [2.75, 3.05) is 37.8 Å². The van der Waals surface area contributed by atoms with Gasteiger partial charge in [0.15, 0.2) is 0 Å². The normalized spacial score (nSPS) is 19.7. The zero-order chi connectivity index (χ0) is 13.7. The Morgan fingerprint density at radius 3 is 3.11 bits per heavy atom. The monoisotopic (exact) mass is 284 g/mol. The highest BCUT2D eigenvalue weighted by molar-refractivity contribution is 6.30. The van der Waals surface area contributed by atoms with Gasteiger partial charge in [0.05, 0.1) is 25.9 Å². The van der Waals surface area contributed by atoms with Crippen LogP contribution in [-0.2, 0) is 11.3 Å². The van der Waals surface area contributed by atoms with Crippen LogP contribution in [0.15, 0.2) is 18.2 Å². The second kappa shape index (κ2) is 7.10. The van der Waals surface area contributed by atoms with Crippen molar-refractivity contribution in [1.82, 2.24) is 5.32 Å². The first-order valence-corrected chi connectivity index (χ1v) is 7.08. The molecule has 1 aliphatic heterocycles. The van der Waals surface area contributed by atoms with Crippen molar-refractivity contribution >= 4 is 17.3 Å². The Hall–Kier alpha value is -0.810. The van der Waals surface area contributed by atoms with Gasteiger partial charge < -0.3 is 20.1 Å². The lowest BCUT2D eigenvalue weighted by molar-refractivity contribution is 0.0726. The van der Waals surface area contributed by atoms with Crippen LogP contribution in [0.1, 0.15) is 12.5 Å². The van der Waals surface area contributed by atoms with Gasteiger partial charge in [-0.2, -0.15) is 0 Å². The van der Waals surface area contributed by atoms with Crippen LogP contribution in [0, 0.1) is 0 Å². The van der Waals surface area contributed by atoms with Gasteiger partial charge in [-0.05, 0) is 24.2 Å². The predicted octanol–water partition coefficient (Wildman–Crippen LogP) is 1.65. The summed E-state index contributed by atoms with van der Waals surface area (Å²) in [6.45, 7) is 5.93. The lowest BCUT2D eigenvalue weighted by Gasteiger charge is -2.37. The van der Waals surface area contributed by atoms with E-state index < -0.39 is 0 Å². The summed E-state index contributed by atoms with van der Waals surface area (Å²) >= 11 is 6.12. The summed E-state index contributed by atoms with van der Waals surface area (Å²) in [7, 11) is 0. The van der Waals surface area contributed by atoms with Gasteiger partial charge in [-0.3, -0.25) is 0 Å². The highest BCUT2D eigenvalue weighted by Gasteiger charge is 2.24. The minimum absolute atomic E-state index is 0.00703. The number of anilines is 1. The van der Waals surface area contributed by atoms with Crippen LogP contribution in [0.5, 0.6) is 0 Å². The zero-order valence-electron chi connectivity index (χ0n) is 11.2. The number of benzene rings is 1. The fourth-order valence-corrected chi connectivity index (χ4v) is 2.50. The number of rotatable bonds is 5. The molecule has 1 atom stereocenters. The number of halogens is 1. The average Bonchev–Trinajstić information content (AvgIpc) is 2.46. The van der Waals surface area contributed by atoms with E-state index in [1.807, 2.05) is 18.2 Å². The number of ether oxygens (including phenoxy) is 1. The molecular formula is C14H21ClN2O2. The van der Waals surface area contributed by atoms with E-state index in [1.54, 1.807) is 0 Å². The standard InChI is InChI=1S/C14H21ClN2O2/c1-2-16-8-11-3-4-12(15)7-14(11)17-5-6-19-10-13(17)9-18/h3-4,7,13,16,18H,2,5-6,8-10H2,1H3. The van der Waals surface area contributed by atoms with E-state index in [4.69, 9.17) is 16.3 Å². The summed E-state index contributed by atoms with van der Waals surface area (Å²) in [5.41, 5.74) is 2.29. The van der Waals surface area contributed by atoms with E-state index in [9.17, 15) is 5.11 Å². The molecule has 0 bridgehead atoms. The maximum absolute atomic E-state index is 9.49. The molecule has 0 saturated carbocycles. The Kier molecular flexibility index (Phi) is 5.45. The fourth-order valence-electron chi connectivity index (χ4n) is 2.34. The topological polar surface area (TPSA) is 44.7 Å². The number of aliphatic hydroxyl groups is 1. The number of hydrogen-bond acceptors (Lipinski definition) is 4. The Labute approximate surface area is 119 Å². The van der Waals surface area contributed by atoms with E-state index in [1.165, 1.54) is 5.56 Å². The molecule has 19 heavy (non-hydrogen) atoms. The minimum Gasteiger partial charge on any atom is -0.394 e. The SMILES string of the molecule is CCNCc1ccc(Cl)cc1N1CCOCC1CO. The quantitative estimate of drug-likeness (QED) is 0.863. The molecule has 1 aromatic rings. The van der Waals surface area contributed by atoms with Gasteiger partial charge in [-0.25, -0.2) is 0 Å². The molecule has 2 N–H and O–H groups in total. The van der Waals surface area contributed by atoms with E-state index in [-0.39, 0.29) is 12.6 Å². The minimum atomic E-state index is 0.00703. The molecule has 5 heteroatoms. The Morgan fingerprint density at radius 2 is 2.37 bits per heavy atom. The third kappa shape index (κ3) is 3.60. The van der Waals surface area contributed by atoms with Crippen LogP contribution in [0.2, 0.25) is 5.02 Å². The summed E-state index contributed by atoms with van der Waals surface area (Å²) in [5, 5.41) is 13.5. The number of hydrogen-bond donors (Lipinski definition) is 2. The molecule has 0 radical (unpaired) electrons. The first-order chi connectivity index (χ1) is 9.26. The predicted molar refractivity (Wildman–Crippen MR) is 77.9 cm³/mol. The van der Waals surface area contributed by atoms with Gasteiger partial charge in [0.1, 0.15) is 0 Å². The van der Waals surface area contributed by atoms with Crippen molar-refractivity contribution in [1.29, 1.82) is 0 Å². The summed E-state index contributed by atoms with van der Waals surface area (Å²) in [4.78, 5) is 2.20. The third-order valence-corrected chi connectivity index (χ3v) is 3.60. The summed E-state index contributed by atoms with van der Waals surface area (Å²) in [6.07, 6.45) is 0. The Balaban J connectivity index is 2.26. The smallest absolute Gasteiger partial charge is 0.0755 e. The number of morpholine rings is 1. The highest BCUT2D eigenvalue weighted by atomic mass is 35.5. The number of nitrogens with one attached hydrogen (secondary N) is 1.